The standard InChI is InChI=1S/C6H14S5/c1-3-5-7-9-11-10-8-6-4-2/h3-6H2,1-2H3. The number of rotatable bonds is 8. The van der Waals surface area contributed by atoms with Crippen LogP contribution < -0.4 is 0 Å². The van der Waals surface area contributed by atoms with Gasteiger partial charge in [0.15, 0.2) is 0 Å². The summed E-state index contributed by atoms with van der Waals surface area (Å²) in [6.07, 6.45) is 2.57. The van der Waals surface area contributed by atoms with E-state index in [1.54, 1.807) is 0 Å². The lowest BCUT2D eigenvalue weighted by Crippen LogP contribution is -1.64. The maximum Gasteiger partial charge on any atom is 0.00428 e. The lowest BCUT2D eigenvalue weighted by molar-refractivity contribution is 1.11. The van der Waals surface area contributed by atoms with Crippen molar-refractivity contribution in [2.24, 2.45) is 0 Å². The van der Waals surface area contributed by atoms with E-state index in [1.165, 1.54) is 24.3 Å². The lowest BCUT2D eigenvalue weighted by atomic mass is 10.6. The van der Waals surface area contributed by atoms with Gasteiger partial charge in [0.25, 0.3) is 0 Å². The van der Waals surface area contributed by atoms with Gasteiger partial charge in [-0.1, -0.05) is 35.4 Å². The molecule has 0 saturated carbocycles. The van der Waals surface area contributed by atoms with Crippen LogP contribution in [0.25, 0.3) is 0 Å². The summed E-state index contributed by atoms with van der Waals surface area (Å²) >= 11 is 0. The van der Waals surface area contributed by atoms with Gasteiger partial charge in [0.1, 0.15) is 0 Å². The number of hydrogen-bond acceptors (Lipinski definition) is 5. The van der Waals surface area contributed by atoms with Gasteiger partial charge in [-0.2, -0.15) is 0 Å². The Morgan fingerprint density at radius 1 is 0.727 bits per heavy atom. The van der Waals surface area contributed by atoms with Crippen LogP contribution in [0.15, 0.2) is 0 Å². The first-order chi connectivity index (χ1) is 5.41. The van der Waals surface area contributed by atoms with Gasteiger partial charge in [0.05, 0.1) is 0 Å². The van der Waals surface area contributed by atoms with E-state index in [1.807, 2.05) is 51.1 Å². The van der Waals surface area contributed by atoms with Crippen molar-refractivity contribution in [2.75, 3.05) is 11.5 Å². The highest BCUT2D eigenvalue weighted by Gasteiger charge is 1.91. The van der Waals surface area contributed by atoms with Crippen molar-refractivity contribution >= 4 is 51.1 Å². The minimum Gasteiger partial charge on any atom is -0.0817 e. The van der Waals surface area contributed by atoms with E-state index >= 15 is 0 Å². The van der Waals surface area contributed by atoms with Crippen molar-refractivity contribution < 1.29 is 0 Å². The van der Waals surface area contributed by atoms with Crippen molar-refractivity contribution in [2.45, 2.75) is 26.7 Å². The summed E-state index contributed by atoms with van der Waals surface area (Å²) < 4.78 is 0. The van der Waals surface area contributed by atoms with Gasteiger partial charge in [-0.05, 0) is 42.3 Å². The molecular weight excluding hydrogens is 232 g/mol. The Bertz CT molecular complexity index is 60.0. The Hall–Kier alpha value is 1.75. The molecule has 0 bridgehead atoms. The second-order valence-corrected chi connectivity index (χ2v) is 9.86. The molecule has 0 aromatic heterocycles. The molecule has 0 aromatic carbocycles. The second-order valence-electron chi connectivity index (χ2n) is 1.85. The van der Waals surface area contributed by atoms with Crippen molar-refractivity contribution in [1.82, 2.24) is 0 Å². The van der Waals surface area contributed by atoms with E-state index in [-0.39, 0.29) is 0 Å². The summed E-state index contributed by atoms with van der Waals surface area (Å²) in [5.41, 5.74) is 0. The summed E-state index contributed by atoms with van der Waals surface area (Å²) in [6, 6.07) is 0. The average molecular weight is 247 g/mol. The second kappa shape index (κ2) is 11.8. The van der Waals surface area contributed by atoms with E-state index in [4.69, 9.17) is 0 Å². The molecule has 5 heteroatoms. The first kappa shape index (κ1) is 12.8. The van der Waals surface area contributed by atoms with Gasteiger partial charge < -0.3 is 0 Å². The van der Waals surface area contributed by atoms with Crippen LogP contribution >= 0.6 is 51.1 Å². The fraction of sp³-hybridized carbons (Fsp3) is 1.00. The molecule has 0 spiro atoms. The summed E-state index contributed by atoms with van der Waals surface area (Å²) in [7, 11) is 9.61. The molecule has 0 atom stereocenters. The molecule has 0 heterocycles. The van der Waals surface area contributed by atoms with Crippen LogP contribution in [0.5, 0.6) is 0 Å². The van der Waals surface area contributed by atoms with Crippen LogP contribution in [-0.2, 0) is 0 Å². The average Bonchev–Trinajstić information content (AvgIpc) is 2.03. The van der Waals surface area contributed by atoms with Gasteiger partial charge in [-0.3, -0.25) is 0 Å². The lowest BCUT2D eigenvalue weighted by Gasteiger charge is -1.96. The summed E-state index contributed by atoms with van der Waals surface area (Å²) in [5.74, 6) is 2.55. The molecule has 0 saturated heterocycles. The third kappa shape index (κ3) is 11.8. The fourth-order valence-corrected chi connectivity index (χ4v) is 9.27. The highest BCUT2D eigenvalue weighted by Crippen LogP contribution is 2.48. The van der Waals surface area contributed by atoms with Crippen LogP contribution in [0.4, 0.5) is 0 Å². The molecule has 68 valence electrons. The Morgan fingerprint density at radius 2 is 1.18 bits per heavy atom. The van der Waals surface area contributed by atoms with Crippen LogP contribution in [0, 0.1) is 0 Å². The van der Waals surface area contributed by atoms with E-state index < -0.39 is 0 Å². The molecule has 0 rings (SSSR count). The zero-order valence-electron chi connectivity index (χ0n) is 6.87. The molecule has 11 heavy (non-hydrogen) atoms. The van der Waals surface area contributed by atoms with Gasteiger partial charge >= 0.3 is 0 Å². The smallest absolute Gasteiger partial charge is 0.00428 e. The Balaban J connectivity index is 2.69. The third-order valence-electron chi connectivity index (χ3n) is 0.727. The van der Waals surface area contributed by atoms with E-state index in [9.17, 15) is 0 Å². The molecule has 0 unspecified atom stereocenters. The molecule has 0 N–H and O–H groups in total. The fourth-order valence-electron chi connectivity index (χ4n) is 0.285. The molecule has 0 aromatic rings. The monoisotopic (exact) mass is 246 g/mol. The summed E-state index contributed by atoms with van der Waals surface area (Å²) in [6.45, 7) is 4.44. The van der Waals surface area contributed by atoms with Gasteiger partial charge in [0.2, 0.25) is 0 Å². The molecule has 0 amide bonds. The van der Waals surface area contributed by atoms with Crippen LogP contribution in [0.2, 0.25) is 0 Å². The largest absolute Gasteiger partial charge is 0.0817 e. The van der Waals surface area contributed by atoms with Crippen molar-refractivity contribution in [3.8, 4) is 0 Å². The first-order valence-corrected chi connectivity index (χ1v) is 10.1. The summed E-state index contributed by atoms with van der Waals surface area (Å²) in [5, 5.41) is 0. The SMILES string of the molecule is CCCSSSSSCCC. The Kier molecular flexibility index (Phi) is 13.6. The van der Waals surface area contributed by atoms with Crippen LogP contribution in [0.3, 0.4) is 0 Å². The predicted molar refractivity (Wildman–Crippen MR) is 68.3 cm³/mol. The highest BCUT2D eigenvalue weighted by molar-refractivity contribution is 9.35. The van der Waals surface area contributed by atoms with Crippen LogP contribution in [0.1, 0.15) is 26.7 Å². The molecule has 0 nitrogen and oxygen atoms in total. The topological polar surface area (TPSA) is 0 Å². The zero-order valence-corrected chi connectivity index (χ0v) is 11.0. The maximum absolute atomic E-state index is 2.22. The van der Waals surface area contributed by atoms with Crippen LogP contribution in [-0.4, -0.2) is 11.5 Å². The Labute approximate surface area is 88.8 Å². The van der Waals surface area contributed by atoms with Crippen molar-refractivity contribution in [3.05, 3.63) is 0 Å². The first-order valence-electron chi connectivity index (χ1n) is 3.66. The van der Waals surface area contributed by atoms with Crippen molar-refractivity contribution in [3.63, 3.8) is 0 Å². The van der Waals surface area contributed by atoms with E-state index in [0.717, 1.165) is 0 Å². The quantitative estimate of drug-likeness (QED) is 0.429. The highest BCUT2D eigenvalue weighted by atomic mass is 33.8. The minimum absolute atomic E-state index is 1.27. The predicted octanol–water partition coefficient (Wildman–Crippen LogP) is 5.13. The van der Waals surface area contributed by atoms with Gasteiger partial charge in [-0.15, -0.1) is 0 Å². The summed E-state index contributed by atoms with van der Waals surface area (Å²) in [4.78, 5) is 0. The molecular formula is C6H14S5. The minimum atomic E-state index is 1.27. The molecule has 0 aliphatic heterocycles. The van der Waals surface area contributed by atoms with Gasteiger partial charge in [-0.25, -0.2) is 0 Å². The van der Waals surface area contributed by atoms with E-state index in [0.29, 0.717) is 0 Å². The zero-order chi connectivity index (χ0) is 8.36. The molecule has 0 aliphatic carbocycles. The number of hydrogen-bond donors (Lipinski definition) is 0. The molecule has 0 aliphatic rings. The van der Waals surface area contributed by atoms with Crippen molar-refractivity contribution in [1.29, 1.82) is 0 Å². The maximum atomic E-state index is 2.22. The third-order valence-corrected chi connectivity index (χ3v) is 9.82. The molecule has 0 fully saturated rings. The molecule has 0 radical (unpaired) electrons. The normalized spacial score (nSPS) is 10.4. The van der Waals surface area contributed by atoms with Gasteiger partial charge in [0, 0.05) is 11.5 Å². The Morgan fingerprint density at radius 3 is 1.55 bits per heavy atom. The van der Waals surface area contributed by atoms with E-state index in [2.05, 4.69) is 13.8 Å².